The van der Waals surface area contributed by atoms with E-state index in [9.17, 15) is 4.79 Å². The highest BCUT2D eigenvalue weighted by Gasteiger charge is 2.17. The van der Waals surface area contributed by atoms with Gasteiger partial charge in [0.15, 0.2) is 5.82 Å². The van der Waals surface area contributed by atoms with Gasteiger partial charge in [0.2, 0.25) is 0 Å². The second kappa shape index (κ2) is 5.76. The van der Waals surface area contributed by atoms with Crippen molar-refractivity contribution in [1.82, 2.24) is 30.6 Å². The molecule has 0 fully saturated rings. The smallest absolute Gasteiger partial charge is 0.257 e. The number of aryl methyl sites for hydroxylation is 2. The Morgan fingerprint density at radius 3 is 2.77 bits per heavy atom. The number of pyridine rings is 1. The van der Waals surface area contributed by atoms with Crippen molar-refractivity contribution in [2.75, 3.05) is 0 Å². The lowest BCUT2D eigenvalue weighted by molar-refractivity contribution is 0.0948. The molecule has 0 bridgehead atoms. The van der Waals surface area contributed by atoms with Crippen LogP contribution in [0.25, 0.3) is 11.4 Å². The number of rotatable bonds is 4. The first-order valence-corrected chi connectivity index (χ1v) is 6.68. The highest BCUT2D eigenvalue weighted by molar-refractivity contribution is 5.95. The molecule has 8 nitrogen and oxygen atoms in total. The zero-order valence-electron chi connectivity index (χ0n) is 12.1. The monoisotopic (exact) mass is 298 g/mol. The van der Waals surface area contributed by atoms with E-state index < -0.39 is 0 Å². The number of aromatic amines is 1. The van der Waals surface area contributed by atoms with E-state index in [4.69, 9.17) is 4.52 Å². The maximum absolute atomic E-state index is 12.1. The van der Waals surface area contributed by atoms with Crippen LogP contribution >= 0.6 is 0 Å². The Hall–Kier alpha value is -3.03. The summed E-state index contributed by atoms with van der Waals surface area (Å²) in [5.74, 6) is 1.36. The topological polar surface area (TPSA) is 110 Å². The molecule has 0 spiro atoms. The maximum Gasteiger partial charge on any atom is 0.257 e. The summed E-state index contributed by atoms with van der Waals surface area (Å²) >= 11 is 0. The van der Waals surface area contributed by atoms with Crippen LogP contribution in [0.3, 0.4) is 0 Å². The minimum atomic E-state index is -0.252. The molecule has 0 aliphatic heterocycles. The van der Waals surface area contributed by atoms with E-state index in [0.717, 1.165) is 5.56 Å². The standard InChI is InChI=1S/C14H14N6O2/c1-8-12(9(2)22-20-8)14(21)16-7-11-17-13(19-18-11)10-3-5-15-6-4-10/h3-6H,7H2,1-2H3,(H,16,21)(H,17,18,19). The molecule has 22 heavy (non-hydrogen) atoms. The van der Waals surface area contributed by atoms with E-state index in [1.807, 2.05) is 12.1 Å². The molecule has 0 unspecified atom stereocenters. The predicted molar refractivity (Wildman–Crippen MR) is 76.8 cm³/mol. The zero-order chi connectivity index (χ0) is 15.5. The molecular weight excluding hydrogens is 284 g/mol. The number of amides is 1. The number of aromatic nitrogens is 5. The summed E-state index contributed by atoms with van der Waals surface area (Å²) < 4.78 is 4.98. The lowest BCUT2D eigenvalue weighted by Crippen LogP contribution is -2.24. The minimum Gasteiger partial charge on any atom is -0.361 e. The molecule has 112 valence electrons. The summed E-state index contributed by atoms with van der Waals surface area (Å²) in [6, 6.07) is 3.63. The summed E-state index contributed by atoms with van der Waals surface area (Å²) in [6.45, 7) is 3.66. The minimum absolute atomic E-state index is 0.237. The van der Waals surface area contributed by atoms with E-state index >= 15 is 0 Å². The van der Waals surface area contributed by atoms with Crippen molar-refractivity contribution in [3.8, 4) is 11.4 Å². The van der Waals surface area contributed by atoms with Gasteiger partial charge in [0.05, 0.1) is 12.2 Å². The van der Waals surface area contributed by atoms with Gasteiger partial charge in [-0.25, -0.2) is 4.98 Å². The van der Waals surface area contributed by atoms with Crippen molar-refractivity contribution in [3.05, 3.63) is 47.4 Å². The molecule has 3 rings (SSSR count). The van der Waals surface area contributed by atoms with Crippen LogP contribution in [0.15, 0.2) is 29.0 Å². The van der Waals surface area contributed by atoms with Crippen LogP contribution in [0.4, 0.5) is 0 Å². The number of hydrogen-bond acceptors (Lipinski definition) is 6. The Morgan fingerprint density at radius 2 is 2.09 bits per heavy atom. The van der Waals surface area contributed by atoms with Gasteiger partial charge in [-0.2, -0.15) is 5.10 Å². The number of H-pyrrole nitrogens is 1. The number of nitrogens with zero attached hydrogens (tertiary/aromatic N) is 4. The van der Waals surface area contributed by atoms with E-state index in [1.165, 1.54) is 0 Å². The maximum atomic E-state index is 12.1. The molecule has 3 aromatic rings. The number of nitrogens with one attached hydrogen (secondary N) is 2. The van der Waals surface area contributed by atoms with Crippen molar-refractivity contribution in [1.29, 1.82) is 0 Å². The number of carbonyl (C=O) groups excluding carboxylic acids is 1. The fraction of sp³-hybridized carbons (Fsp3) is 0.214. The van der Waals surface area contributed by atoms with Crippen molar-refractivity contribution >= 4 is 5.91 Å². The summed E-state index contributed by atoms with van der Waals surface area (Å²) in [5, 5.41) is 13.4. The Balaban J connectivity index is 1.68. The molecule has 0 saturated heterocycles. The first-order chi connectivity index (χ1) is 10.6. The molecular formula is C14H14N6O2. The average Bonchev–Trinajstić information content (AvgIpc) is 3.13. The summed E-state index contributed by atoms with van der Waals surface area (Å²) in [7, 11) is 0. The summed E-state index contributed by atoms with van der Waals surface area (Å²) in [4.78, 5) is 20.4. The first kappa shape index (κ1) is 13.9. The molecule has 0 atom stereocenters. The number of carbonyl (C=O) groups is 1. The van der Waals surface area contributed by atoms with Crippen molar-refractivity contribution in [3.63, 3.8) is 0 Å². The molecule has 0 saturated carbocycles. The van der Waals surface area contributed by atoms with Crippen LogP contribution in [0.1, 0.15) is 27.6 Å². The third-order valence-electron chi connectivity index (χ3n) is 3.15. The normalized spacial score (nSPS) is 10.6. The third-order valence-corrected chi connectivity index (χ3v) is 3.15. The lowest BCUT2D eigenvalue weighted by Gasteiger charge is -2.01. The second-order valence-electron chi connectivity index (χ2n) is 4.72. The van der Waals surface area contributed by atoms with Crippen molar-refractivity contribution < 1.29 is 9.32 Å². The summed E-state index contributed by atoms with van der Waals surface area (Å²) in [6.07, 6.45) is 3.34. The second-order valence-corrected chi connectivity index (χ2v) is 4.72. The molecule has 3 heterocycles. The predicted octanol–water partition coefficient (Wildman–Crippen LogP) is 1.40. The van der Waals surface area contributed by atoms with E-state index in [-0.39, 0.29) is 12.5 Å². The van der Waals surface area contributed by atoms with Gasteiger partial charge in [0.25, 0.3) is 5.91 Å². The van der Waals surface area contributed by atoms with Gasteiger partial charge in [0.1, 0.15) is 17.1 Å². The van der Waals surface area contributed by atoms with Gasteiger partial charge in [-0.15, -0.1) is 0 Å². The van der Waals surface area contributed by atoms with Crippen LogP contribution < -0.4 is 5.32 Å². The quantitative estimate of drug-likeness (QED) is 0.753. The molecule has 1 amide bonds. The van der Waals surface area contributed by atoms with Crippen LogP contribution in [0.2, 0.25) is 0 Å². The molecule has 3 aromatic heterocycles. The average molecular weight is 298 g/mol. The van der Waals surface area contributed by atoms with Crippen LogP contribution in [-0.4, -0.2) is 31.2 Å². The van der Waals surface area contributed by atoms with Gasteiger partial charge in [-0.05, 0) is 26.0 Å². The highest BCUT2D eigenvalue weighted by atomic mass is 16.5. The molecule has 0 aromatic carbocycles. The van der Waals surface area contributed by atoms with Crippen LogP contribution in [0, 0.1) is 13.8 Å². The largest absolute Gasteiger partial charge is 0.361 e. The van der Waals surface area contributed by atoms with Gasteiger partial charge in [-0.3, -0.25) is 14.9 Å². The molecule has 0 aliphatic rings. The third kappa shape index (κ3) is 2.71. The highest BCUT2D eigenvalue weighted by Crippen LogP contribution is 2.13. The van der Waals surface area contributed by atoms with E-state index in [0.29, 0.717) is 28.7 Å². The lowest BCUT2D eigenvalue weighted by atomic mass is 10.2. The molecule has 8 heteroatoms. The SMILES string of the molecule is Cc1noc(C)c1C(=O)NCc1nc(-c2ccncc2)n[nH]1. The Bertz CT molecular complexity index is 773. The number of hydrogen-bond donors (Lipinski definition) is 2. The fourth-order valence-corrected chi connectivity index (χ4v) is 2.06. The van der Waals surface area contributed by atoms with Gasteiger partial charge in [0, 0.05) is 18.0 Å². The van der Waals surface area contributed by atoms with E-state index in [2.05, 4.69) is 30.6 Å². The van der Waals surface area contributed by atoms with E-state index in [1.54, 1.807) is 26.2 Å². The van der Waals surface area contributed by atoms with Gasteiger partial charge >= 0.3 is 0 Å². The Morgan fingerprint density at radius 1 is 1.32 bits per heavy atom. The Labute approximate surface area is 126 Å². The molecule has 0 radical (unpaired) electrons. The van der Waals surface area contributed by atoms with Crippen molar-refractivity contribution in [2.45, 2.75) is 20.4 Å². The first-order valence-electron chi connectivity index (χ1n) is 6.68. The molecule has 0 aliphatic carbocycles. The molecule has 2 N–H and O–H groups in total. The zero-order valence-corrected chi connectivity index (χ0v) is 12.1. The van der Waals surface area contributed by atoms with Gasteiger partial charge in [-0.1, -0.05) is 5.16 Å². The van der Waals surface area contributed by atoms with Crippen LogP contribution in [0.5, 0.6) is 0 Å². The fourth-order valence-electron chi connectivity index (χ4n) is 2.06. The summed E-state index contributed by atoms with van der Waals surface area (Å²) in [5.41, 5.74) is 1.87. The van der Waals surface area contributed by atoms with Crippen molar-refractivity contribution in [2.24, 2.45) is 0 Å². The Kier molecular flexibility index (Phi) is 3.65. The van der Waals surface area contributed by atoms with Crippen LogP contribution in [-0.2, 0) is 6.54 Å². The van der Waals surface area contributed by atoms with Gasteiger partial charge < -0.3 is 9.84 Å².